The zero-order chi connectivity index (χ0) is 14.0. The van der Waals surface area contributed by atoms with Crippen LogP contribution in [0.1, 0.15) is 32.6 Å². The van der Waals surface area contributed by atoms with Crippen LogP contribution in [0.25, 0.3) is 11.1 Å². The third kappa shape index (κ3) is 2.45. The second-order valence-electron chi connectivity index (χ2n) is 4.69. The summed E-state index contributed by atoms with van der Waals surface area (Å²) >= 11 is 0. The van der Waals surface area contributed by atoms with E-state index in [9.17, 15) is 14.3 Å². The Morgan fingerprint density at radius 3 is 2.68 bits per heavy atom. The van der Waals surface area contributed by atoms with Crippen molar-refractivity contribution in [2.75, 3.05) is 0 Å². The highest BCUT2D eigenvalue weighted by Crippen LogP contribution is 2.32. The number of hydrogen-bond acceptors (Lipinski definition) is 3. The predicted molar refractivity (Wildman–Crippen MR) is 68.3 cm³/mol. The summed E-state index contributed by atoms with van der Waals surface area (Å²) in [5.41, 5.74) is 0.0174. The van der Waals surface area contributed by atoms with Crippen LogP contribution in [0.5, 0.6) is 0 Å². The quantitative estimate of drug-likeness (QED) is 0.899. The van der Waals surface area contributed by atoms with Gasteiger partial charge in [0.1, 0.15) is 11.3 Å². The van der Waals surface area contributed by atoms with E-state index in [0.717, 1.165) is 0 Å². The first-order chi connectivity index (χ1) is 9.00. The number of aromatic nitrogens is 1. The molecule has 0 unspecified atom stereocenters. The van der Waals surface area contributed by atoms with Gasteiger partial charge in [0.05, 0.1) is 5.41 Å². The third-order valence-electron chi connectivity index (χ3n) is 3.69. The highest BCUT2D eigenvalue weighted by atomic mass is 19.1. The summed E-state index contributed by atoms with van der Waals surface area (Å²) in [4.78, 5) is 15.6. The zero-order valence-electron chi connectivity index (χ0n) is 10.9. The molecule has 1 aromatic heterocycles. The first-order valence-electron chi connectivity index (χ1n) is 6.29. The molecule has 0 saturated heterocycles. The van der Waals surface area contributed by atoms with Crippen LogP contribution >= 0.6 is 0 Å². The van der Waals surface area contributed by atoms with E-state index in [2.05, 4.69) is 4.98 Å². The van der Waals surface area contributed by atoms with Crippen molar-refractivity contribution in [3.8, 4) is 0 Å². The molecule has 0 amide bonds. The minimum absolute atomic E-state index is 0.214. The van der Waals surface area contributed by atoms with Gasteiger partial charge >= 0.3 is 5.97 Å². The maximum absolute atomic E-state index is 13.1. The van der Waals surface area contributed by atoms with Gasteiger partial charge in [0, 0.05) is 12.5 Å². The van der Waals surface area contributed by atoms with Crippen LogP contribution in [0.15, 0.2) is 22.6 Å². The van der Waals surface area contributed by atoms with Crippen LogP contribution in [-0.4, -0.2) is 16.1 Å². The molecular formula is C14H16FNO3. The van der Waals surface area contributed by atoms with E-state index in [1.165, 1.54) is 18.2 Å². The van der Waals surface area contributed by atoms with Crippen molar-refractivity contribution < 1.29 is 18.7 Å². The Morgan fingerprint density at radius 1 is 1.42 bits per heavy atom. The minimum atomic E-state index is -0.876. The number of rotatable bonds is 5. The van der Waals surface area contributed by atoms with E-state index in [-0.39, 0.29) is 6.42 Å². The molecule has 1 N–H and O–H groups in total. The summed E-state index contributed by atoms with van der Waals surface area (Å²) < 4.78 is 18.5. The maximum atomic E-state index is 13.1. The Morgan fingerprint density at radius 2 is 2.11 bits per heavy atom. The largest absolute Gasteiger partial charge is 0.481 e. The molecule has 0 radical (unpaired) electrons. The van der Waals surface area contributed by atoms with Crippen molar-refractivity contribution in [3.05, 3.63) is 29.9 Å². The van der Waals surface area contributed by atoms with Crippen LogP contribution in [0.4, 0.5) is 4.39 Å². The number of aliphatic carboxylic acids is 1. The predicted octanol–water partition coefficient (Wildman–Crippen LogP) is 3.40. The lowest BCUT2D eigenvalue weighted by molar-refractivity contribution is -0.149. The first-order valence-corrected chi connectivity index (χ1v) is 6.29. The van der Waals surface area contributed by atoms with Gasteiger partial charge in [0.2, 0.25) is 0 Å². The van der Waals surface area contributed by atoms with Gasteiger partial charge in [-0.05, 0) is 25.0 Å². The Hall–Kier alpha value is -1.91. The molecule has 19 heavy (non-hydrogen) atoms. The number of oxazole rings is 1. The van der Waals surface area contributed by atoms with Gasteiger partial charge in [-0.2, -0.15) is 0 Å². The number of hydrogen-bond donors (Lipinski definition) is 1. The summed E-state index contributed by atoms with van der Waals surface area (Å²) in [7, 11) is 0. The second-order valence-corrected chi connectivity index (χ2v) is 4.69. The molecule has 0 saturated carbocycles. The first kappa shape index (κ1) is 13.5. The second kappa shape index (κ2) is 4.99. The van der Waals surface area contributed by atoms with Crippen LogP contribution in [0, 0.1) is 11.2 Å². The molecule has 1 heterocycles. The van der Waals surface area contributed by atoms with Crippen molar-refractivity contribution >= 4 is 17.1 Å². The van der Waals surface area contributed by atoms with E-state index in [1.54, 1.807) is 0 Å². The molecule has 0 spiro atoms. The molecule has 0 aliphatic carbocycles. The number of carboxylic acid groups (broad SMARTS) is 1. The molecule has 0 bridgehead atoms. The Balaban J connectivity index is 2.36. The number of halogens is 1. The van der Waals surface area contributed by atoms with Crippen molar-refractivity contribution in [2.24, 2.45) is 5.41 Å². The van der Waals surface area contributed by atoms with Gasteiger partial charge in [0.15, 0.2) is 11.5 Å². The molecule has 2 aromatic rings. The van der Waals surface area contributed by atoms with Gasteiger partial charge in [-0.3, -0.25) is 4.79 Å². The summed E-state index contributed by atoms with van der Waals surface area (Å²) in [5, 5.41) is 9.37. The summed E-state index contributed by atoms with van der Waals surface area (Å²) in [6.45, 7) is 3.67. The molecule has 2 rings (SSSR count). The van der Waals surface area contributed by atoms with Crippen LogP contribution in [-0.2, 0) is 11.2 Å². The highest BCUT2D eigenvalue weighted by Gasteiger charge is 2.36. The standard InChI is InChI=1S/C14H16FNO3/c1-3-14(4-2,13(17)18)8-12-16-10-6-5-9(15)7-11(10)19-12/h5-7H,3-4,8H2,1-2H3,(H,17,18). The average molecular weight is 265 g/mol. The Labute approximate surface area is 110 Å². The number of benzene rings is 1. The molecule has 5 heteroatoms. The topological polar surface area (TPSA) is 63.3 Å². The number of nitrogens with zero attached hydrogens (tertiary/aromatic N) is 1. The summed E-state index contributed by atoms with van der Waals surface area (Å²) in [6.07, 6.45) is 1.20. The van der Waals surface area contributed by atoms with Gasteiger partial charge < -0.3 is 9.52 Å². The fourth-order valence-electron chi connectivity index (χ4n) is 2.19. The Bertz CT molecular complexity index is 602. The van der Waals surface area contributed by atoms with Crippen LogP contribution in [0.3, 0.4) is 0 Å². The molecular weight excluding hydrogens is 249 g/mol. The summed E-state index contributed by atoms with van der Waals surface area (Å²) in [5.74, 6) is -0.914. The van der Waals surface area contributed by atoms with Crippen molar-refractivity contribution in [1.82, 2.24) is 4.98 Å². The van der Waals surface area contributed by atoms with Gasteiger partial charge in [-0.15, -0.1) is 0 Å². The summed E-state index contributed by atoms with van der Waals surface area (Å²) in [6, 6.07) is 4.09. The van der Waals surface area contributed by atoms with E-state index < -0.39 is 17.2 Å². The van der Waals surface area contributed by atoms with Crippen molar-refractivity contribution in [1.29, 1.82) is 0 Å². The lowest BCUT2D eigenvalue weighted by Gasteiger charge is -2.24. The number of carbonyl (C=O) groups is 1. The maximum Gasteiger partial charge on any atom is 0.310 e. The molecule has 0 aliphatic heterocycles. The lowest BCUT2D eigenvalue weighted by atomic mass is 9.79. The smallest absolute Gasteiger partial charge is 0.310 e. The molecule has 4 nitrogen and oxygen atoms in total. The molecule has 0 fully saturated rings. The monoisotopic (exact) mass is 265 g/mol. The number of fused-ring (bicyclic) bond motifs is 1. The van der Waals surface area contributed by atoms with E-state index >= 15 is 0 Å². The lowest BCUT2D eigenvalue weighted by Crippen LogP contribution is -2.32. The minimum Gasteiger partial charge on any atom is -0.481 e. The van der Waals surface area contributed by atoms with E-state index in [1.807, 2.05) is 13.8 Å². The normalized spacial score (nSPS) is 11.9. The highest BCUT2D eigenvalue weighted by molar-refractivity contribution is 5.75. The Kier molecular flexibility index (Phi) is 3.55. The van der Waals surface area contributed by atoms with Gasteiger partial charge in [-0.1, -0.05) is 13.8 Å². The molecule has 102 valence electrons. The van der Waals surface area contributed by atoms with Crippen LogP contribution < -0.4 is 0 Å². The molecule has 0 atom stereocenters. The van der Waals surface area contributed by atoms with Crippen LogP contribution in [0.2, 0.25) is 0 Å². The van der Waals surface area contributed by atoms with E-state index in [0.29, 0.717) is 29.8 Å². The van der Waals surface area contributed by atoms with E-state index in [4.69, 9.17) is 4.42 Å². The SMILES string of the molecule is CCC(CC)(Cc1nc2ccc(F)cc2o1)C(=O)O. The third-order valence-corrected chi connectivity index (χ3v) is 3.69. The molecule has 0 aliphatic rings. The average Bonchev–Trinajstić information content (AvgIpc) is 2.77. The van der Waals surface area contributed by atoms with Crippen molar-refractivity contribution in [3.63, 3.8) is 0 Å². The molecule has 1 aromatic carbocycles. The van der Waals surface area contributed by atoms with Crippen molar-refractivity contribution in [2.45, 2.75) is 33.1 Å². The van der Waals surface area contributed by atoms with Gasteiger partial charge in [-0.25, -0.2) is 9.37 Å². The number of carboxylic acids is 1. The van der Waals surface area contributed by atoms with Gasteiger partial charge in [0.25, 0.3) is 0 Å². The fourth-order valence-corrected chi connectivity index (χ4v) is 2.19. The fraction of sp³-hybridized carbons (Fsp3) is 0.429. The zero-order valence-corrected chi connectivity index (χ0v) is 10.9.